The van der Waals surface area contributed by atoms with Crippen LogP contribution in [0.15, 0.2) is 36.4 Å². The number of nitrogens with zero attached hydrogens (tertiary/aromatic N) is 1. The predicted octanol–water partition coefficient (Wildman–Crippen LogP) is 3.83. The summed E-state index contributed by atoms with van der Waals surface area (Å²) in [7, 11) is 1.74. The molecule has 0 spiro atoms. The molecule has 1 aliphatic rings. The van der Waals surface area contributed by atoms with Crippen molar-refractivity contribution < 1.29 is 4.74 Å². The third kappa shape index (κ3) is 3.97. The van der Waals surface area contributed by atoms with E-state index in [1.54, 1.807) is 7.11 Å². The van der Waals surface area contributed by atoms with Crippen LogP contribution in [-0.2, 0) is 6.54 Å². The van der Waals surface area contributed by atoms with Gasteiger partial charge in [-0.1, -0.05) is 30.3 Å². The fourth-order valence-electron chi connectivity index (χ4n) is 3.55. The molecular weight excluding hydrogens is 308 g/mol. The van der Waals surface area contributed by atoms with Crippen LogP contribution in [0.2, 0.25) is 0 Å². The van der Waals surface area contributed by atoms with E-state index in [9.17, 15) is 0 Å². The van der Waals surface area contributed by atoms with E-state index in [0.29, 0.717) is 5.92 Å². The molecule has 1 aliphatic heterocycles. The summed E-state index contributed by atoms with van der Waals surface area (Å²) in [5.41, 5.74) is 7.48. The highest BCUT2D eigenvalue weighted by atomic mass is 35.5. The van der Waals surface area contributed by atoms with E-state index in [1.807, 2.05) is 0 Å². The van der Waals surface area contributed by atoms with Gasteiger partial charge in [-0.2, -0.15) is 0 Å². The first kappa shape index (κ1) is 18.1. The van der Waals surface area contributed by atoms with E-state index in [2.05, 4.69) is 48.2 Å². The molecule has 2 unspecified atom stereocenters. The van der Waals surface area contributed by atoms with Gasteiger partial charge in [-0.25, -0.2) is 0 Å². The highest BCUT2D eigenvalue weighted by molar-refractivity contribution is 5.91. The number of piperidine rings is 1. The van der Waals surface area contributed by atoms with E-state index < -0.39 is 0 Å². The second kappa shape index (κ2) is 8.00. The number of hydrogen-bond acceptors (Lipinski definition) is 3. The van der Waals surface area contributed by atoms with Gasteiger partial charge in [0.15, 0.2) is 0 Å². The molecular formula is C19H27ClN2O. The Bertz CT molecular complexity index is 644. The van der Waals surface area contributed by atoms with Crippen LogP contribution in [0.5, 0.6) is 5.75 Å². The lowest BCUT2D eigenvalue weighted by Gasteiger charge is -2.34. The molecule has 23 heavy (non-hydrogen) atoms. The van der Waals surface area contributed by atoms with Crippen molar-refractivity contribution in [1.29, 1.82) is 0 Å². The Labute approximate surface area is 145 Å². The first-order chi connectivity index (χ1) is 10.7. The van der Waals surface area contributed by atoms with Crippen molar-refractivity contribution in [2.45, 2.75) is 32.4 Å². The molecule has 0 radical (unpaired) electrons. The van der Waals surface area contributed by atoms with E-state index >= 15 is 0 Å². The number of likely N-dealkylation sites (tertiary alicyclic amines) is 1. The van der Waals surface area contributed by atoms with E-state index in [0.717, 1.165) is 18.8 Å². The third-order valence-electron chi connectivity index (χ3n) is 4.87. The highest BCUT2D eigenvalue weighted by Crippen LogP contribution is 2.30. The molecule has 1 heterocycles. The average Bonchev–Trinajstić information content (AvgIpc) is 2.55. The molecule has 3 rings (SSSR count). The van der Waals surface area contributed by atoms with Crippen molar-refractivity contribution in [2.24, 2.45) is 11.7 Å². The van der Waals surface area contributed by atoms with Gasteiger partial charge in [0.2, 0.25) is 0 Å². The van der Waals surface area contributed by atoms with Gasteiger partial charge < -0.3 is 10.5 Å². The number of methoxy groups -OCH3 is 1. The van der Waals surface area contributed by atoms with Gasteiger partial charge in [0.25, 0.3) is 0 Å². The van der Waals surface area contributed by atoms with E-state index in [4.69, 9.17) is 10.5 Å². The summed E-state index contributed by atoms with van der Waals surface area (Å²) in [6.07, 6.45) is 2.51. The molecule has 2 aromatic rings. The average molecular weight is 335 g/mol. The second-order valence-electron chi connectivity index (χ2n) is 6.47. The SMILES string of the molecule is COc1ccc(CN2CCCC(C(C)N)C2)c2ccccc12.Cl. The maximum Gasteiger partial charge on any atom is 0.126 e. The normalized spacial score (nSPS) is 20.0. The highest BCUT2D eigenvalue weighted by Gasteiger charge is 2.23. The van der Waals surface area contributed by atoms with Gasteiger partial charge >= 0.3 is 0 Å². The van der Waals surface area contributed by atoms with Gasteiger partial charge in [-0.3, -0.25) is 4.90 Å². The molecule has 126 valence electrons. The number of nitrogens with two attached hydrogens (primary N) is 1. The summed E-state index contributed by atoms with van der Waals surface area (Å²) in [5.74, 6) is 1.57. The number of halogens is 1. The Hall–Kier alpha value is -1.29. The van der Waals surface area contributed by atoms with Crippen molar-refractivity contribution in [3.63, 3.8) is 0 Å². The minimum atomic E-state index is 0. The molecule has 0 aromatic heterocycles. The van der Waals surface area contributed by atoms with Gasteiger partial charge in [0, 0.05) is 24.5 Å². The second-order valence-corrected chi connectivity index (χ2v) is 6.47. The number of ether oxygens (including phenoxy) is 1. The fourth-order valence-corrected chi connectivity index (χ4v) is 3.55. The van der Waals surface area contributed by atoms with E-state index in [-0.39, 0.29) is 18.4 Å². The lowest BCUT2D eigenvalue weighted by atomic mass is 9.91. The first-order valence-electron chi connectivity index (χ1n) is 8.21. The van der Waals surface area contributed by atoms with Crippen LogP contribution in [0, 0.1) is 5.92 Å². The zero-order valence-electron chi connectivity index (χ0n) is 14.0. The zero-order chi connectivity index (χ0) is 15.5. The summed E-state index contributed by atoms with van der Waals surface area (Å²) < 4.78 is 5.49. The molecule has 2 atom stereocenters. The van der Waals surface area contributed by atoms with Crippen molar-refractivity contribution in [3.05, 3.63) is 42.0 Å². The molecule has 3 nitrogen and oxygen atoms in total. The summed E-state index contributed by atoms with van der Waals surface area (Å²) >= 11 is 0. The Kier molecular flexibility index (Phi) is 6.28. The molecule has 0 aliphatic carbocycles. The van der Waals surface area contributed by atoms with Crippen LogP contribution in [-0.4, -0.2) is 31.1 Å². The van der Waals surface area contributed by atoms with Crippen molar-refractivity contribution in [1.82, 2.24) is 4.90 Å². The van der Waals surface area contributed by atoms with Crippen LogP contribution in [0.25, 0.3) is 10.8 Å². The number of fused-ring (bicyclic) bond motifs is 1. The van der Waals surface area contributed by atoms with E-state index in [1.165, 1.54) is 35.7 Å². The summed E-state index contributed by atoms with van der Waals surface area (Å²) in [4.78, 5) is 2.55. The minimum Gasteiger partial charge on any atom is -0.496 e. The fraction of sp³-hybridized carbons (Fsp3) is 0.474. The Morgan fingerprint density at radius 3 is 2.65 bits per heavy atom. The maximum atomic E-state index is 6.11. The van der Waals surface area contributed by atoms with Crippen LogP contribution < -0.4 is 10.5 Å². The summed E-state index contributed by atoms with van der Waals surface area (Å²) in [6.45, 7) is 5.41. The maximum absolute atomic E-state index is 6.11. The summed E-state index contributed by atoms with van der Waals surface area (Å²) in [5, 5.41) is 2.49. The van der Waals surface area contributed by atoms with Gasteiger partial charge in [-0.05, 0) is 49.2 Å². The van der Waals surface area contributed by atoms with Crippen molar-refractivity contribution in [2.75, 3.05) is 20.2 Å². The molecule has 2 N–H and O–H groups in total. The molecule has 0 saturated carbocycles. The number of rotatable bonds is 4. The molecule has 0 bridgehead atoms. The Morgan fingerprint density at radius 2 is 1.96 bits per heavy atom. The first-order valence-corrected chi connectivity index (χ1v) is 8.21. The Balaban J connectivity index is 0.00000192. The molecule has 4 heteroatoms. The minimum absolute atomic E-state index is 0. The number of hydrogen-bond donors (Lipinski definition) is 1. The predicted molar refractivity (Wildman–Crippen MR) is 99.4 cm³/mol. The van der Waals surface area contributed by atoms with Gasteiger partial charge in [0.05, 0.1) is 7.11 Å². The lowest BCUT2D eigenvalue weighted by Crippen LogP contribution is -2.41. The van der Waals surface area contributed by atoms with Crippen LogP contribution in [0.1, 0.15) is 25.3 Å². The van der Waals surface area contributed by atoms with Crippen molar-refractivity contribution in [3.8, 4) is 5.75 Å². The lowest BCUT2D eigenvalue weighted by molar-refractivity contribution is 0.155. The zero-order valence-corrected chi connectivity index (χ0v) is 14.8. The monoisotopic (exact) mass is 334 g/mol. The van der Waals surface area contributed by atoms with Gasteiger partial charge in [0.1, 0.15) is 5.75 Å². The smallest absolute Gasteiger partial charge is 0.126 e. The number of benzene rings is 2. The molecule has 0 amide bonds. The van der Waals surface area contributed by atoms with Crippen LogP contribution in [0.4, 0.5) is 0 Å². The van der Waals surface area contributed by atoms with Gasteiger partial charge in [-0.15, -0.1) is 12.4 Å². The topological polar surface area (TPSA) is 38.5 Å². The molecule has 1 saturated heterocycles. The quantitative estimate of drug-likeness (QED) is 0.923. The van der Waals surface area contributed by atoms with Crippen LogP contribution >= 0.6 is 12.4 Å². The Morgan fingerprint density at radius 1 is 1.22 bits per heavy atom. The summed E-state index contributed by atoms with van der Waals surface area (Å²) in [6, 6.07) is 13.1. The standard InChI is InChI=1S/C19H26N2O.ClH/c1-14(20)15-6-5-11-21(12-15)13-16-9-10-19(22-2)18-8-4-3-7-17(16)18;/h3-4,7-10,14-15H,5-6,11-13,20H2,1-2H3;1H. The van der Waals surface area contributed by atoms with Crippen molar-refractivity contribution >= 4 is 23.2 Å². The van der Waals surface area contributed by atoms with Crippen LogP contribution in [0.3, 0.4) is 0 Å². The molecule has 1 fully saturated rings. The largest absolute Gasteiger partial charge is 0.496 e. The molecule has 2 aromatic carbocycles. The third-order valence-corrected chi connectivity index (χ3v) is 4.87.